The number of likely N-dealkylation sites (tertiary alicyclic amines) is 1. The van der Waals surface area contributed by atoms with Gasteiger partial charge in [-0.2, -0.15) is 0 Å². The van der Waals surface area contributed by atoms with Gasteiger partial charge in [-0.05, 0) is 51.7 Å². The minimum absolute atomic E-state index is 0.0543. The lowest BCUT2D eigenvalue weighted by Crippen LogP contribution is -2.47. The van der Waals surface area contributed by atoms with Crippen molar-refractivity contribution in [3.63, 3.8) is 0 Å². The van der Waals surface area contributed by atoms with Crippen LogP contribution >= 0.6 is 0 Å². The molecule has 188 valence electrons. The molecule has 3 aliphatic rings. The van der Waals surface area contributed by atoms with E-state index in [0.29, 0.717) is 50.4 Å². The van der Waals surface area contributed by atoms with Crippen LogP contribution in [0.1, 0.15) is 49.4 Å². The number of amides is 4. The number of likely N-dealkylation sites (N-methyl/N-ethyl adjacent to an activating group) is 1. The van der Waals surface area contributed by atoms with Crippen molar-refractivity contribution < 1.29 is 23.9 Å². The molecule has 1 aromatic carbocycles. The maximum Gasteiger partial charge on any atom is 0.322 e. The molecule has 3 heterocycles. The summed E-state index contributed by atoms with van der Waals surface area (Å²) in [5.74, 6) is -0.764. The summed E-state index contributed by atoms with van der Waals surface area (Å²) in [6, 6.07) is 5.18. The van der Waals surface area contributed by atoms with Crippen molar-refractivity contribution in [2.75, 3.05) is 39.3 Å². The van der Waals surface area contributed by atoms with Crippen LogP contribution in [0.3, 0.4) is 0 Å². The van der Waals surface area contributed by atoms with Gasteiger partial charge < -0.3 is 19.9 Å². The smallest absolute Gasteiger partial charge is 0.322 e. The molecule has 0 aromatic heterocycles. The molecule has 0 radical (unpaired) electrons. The fraction of sp³-hybridized carbons (Fsp3) is 0.538. The summed E-state index contributed by atoms with van der Waals surface area (Å²) < 4.78 is 5.10. The van der Waals surface area contributed by atoms with Crippen molar-refractivity contribution in [1.29, 1.82) is 0 Å². The predicted octanol–water partition coefficient (Wildman–Crippen LogP) is 2.29. The quantitative estimate of drug-likeness (QED) is 0.628. The second-order valence-electron chi connectivity index (χ2n) is 9.42. The molecular weight excluding hydrogens is 448 g/mol. The Morgan fingerprint density at radius 2 is 1.83 bits per heavy atom. The first-order chi connectivity index (χ1) is 16.7. The van der Waals surface area contributed by atoms with Gasteiger partial charge in [-0.25, -0.2) is 4.79 Å². The summed E-state index contributed by atoms with van der Waals surface area (Å²) in [6.45, 7) is 9.50. The third kappa shape index (κ3) is 4.76. The first kappa shape index (κ1) is 24.8. The molecule has 9 nitrogen and oxygen atoms in total. The van der Waals surface area contributed by atoms with Crippen LogP contribution < -0.4 is 5.32 Å². The van der Waals surface area contributed by atoms with Gasteiger partial charge in [0.15, 0.2) is 0 Å². The molecule has 1 N–H and O–H groups in total. The molecule has 1 atom stereocenters. The van der Waals surface area contributed by atoms with Crippen molar-refractivity contribution >= 4 is 23.8 Å². The van der Waals surface area contributed by atoms with E-state index in [-0.39, 0.29) is 42.8 Å². The maximum absolute atomic E-state index is 13.6. The number of nitrogens with zero attached hydrogens (tertiary/aromatic N) is 3. The molecule has 0 unspecified atom stereocenters. The van der Waals surface area contributed by atoms with E-state index in [1.807, 2.05) is 39.0 Å². The molecular formula is C26H34N4O5. The molecule has 0 bridgehead atoms. The highest BCUT2D eigenvalue weighted by molar-refractivity contribution is 6.03. The minimum Gasteiger partial charge on any atom is -0.466 e. The largest absolute Gasteiger partial charge is 0.466 e. The van der Waals surface area contributed by atoms with Gasteiger partial charge in [0.2, 0.25) is 5.91 Å². The van der Waals surface area contributed by atoms with Gasteiger partial charge in [0.05, 0.1) is 36.4 Å². The monoisotopic (exact) mass is 482 g/mol. The normalized spacial score (nSPS) is 20.8. The van der Waals surface area contributed by atoms with E-state index in [4.69, 9.17) is 4.74 Å². The molecule has 0 aliphatic carbocycles. The summed E-state index contributed by atoms with van der Waals surface area (Å²) in [6.07, 6.45) is 1.12. The van der Waals surface area contributed by atoms with E-state index in [1.54, 1.807) is 16.7 Å². The van der Waals surface area contributed by atoms with Gasteiger partial charge in [-0.1, -0.05) is 23.8 Å². The number of piperidine rings is 1. The number of carbonyl (C=O) groups is 4. The van der Waals surface area contributed by atoms with Crippen LogP contribution in [0.4, 0.5) is 4.79 Å². The summed E-state index contributed by atoms with van der Waals surface area (Å²) >= 11 is 0. The lowest BCUT2D eigenvalue weighted by Gasteiger charge is -2.33. The molecule has 1 fully saturated rings. The maximum atomic E-state index is 13.6. The Morgan fingerprint density at radius 1 is 1.11 bits per heavy atom. The Labute approximate surface area is 206 Å². The Hall–Kier alpha value is -3.36. The Balaban J connectivity index is 1.49. The fourth-order valence-corrected chi connectivity index (χ4v) is 5.28. The van der Waals surface area contributed by atoms with E-state index >= 15 is 0 Å². The van der Waals surface area contributed by atoms with Gasteiger partial charge in [0.25, 0.3) is 5.91 Å². The Kier molecular flexibility index (Phi) is 7.14. The second-order valence-corrected chi connectivity index (χ2v) is 9.42. The van der Waals surface area contributed by atoms with E-state index in [1.165, 1.54) is 4.90 Å². The van der Waals surface area contributed by atoms with Gasteiger partial charge in [-0.3, -0.25) is 19.3 Å². The Morgan fingerprint density at radius 3 is 2.46 bits per heavy atom. The highest BCUT2D eigenvalue weighted by Crippen LogP contribution is 2.37. The average molecular weight is 483 g/mol. The van der Waals surface area contributed by atoms with E-state index in [0.717, 1.165) is 16.7 Å². The predicted molar refractivity (Wildman–Crippen MR) is 129 cm³/mol. The zero-order chi connectivity index (χ0) is 25.3. The van der Waals surface area contributed by atoms with E-state index in [2.05, 4.69) is 5.32 Å². The highest BCUT2D eigenvalue weighted by atomic mass is 16.5. The van der Waals surface area contributed by atoms with E-state index < -0.39 is 6.04 Å². The number of benzene rings is 1. The number of carbonyl (C=O) groups excluding carboxylic acids is 4. The van der Waals surface area contributed by atoms with Gasteiger partial charge >= 0.3 is 12.0 Å². The minimum atomic E-state index is -0.547. The van der Waals surface area contributed by atoms with Crippen LogP contribution in [0.25, 0.3) is 0 Å². The number of hydrogen-bond acceptors (Lipinski definition) is 5. The lowest BCUT2D eigenvalue weighted by atomic mass is 9.91. The second kappa shape index (κ2) is 10.1. The highest BCUT2D eigenvalue weighted by Gasteiger charge is 2.44. The van der Waals surface area contributed by atoms with Crippen molar-refractivity contribution in [3.8, 4) is 0 Å². The topological polar surface area (TPSA) is 99.3 Å². The van der Waals surface area contributed by atoms with Crippen LogP contribution in [0.15, 0.2) is 29.5 Å². The van der Waals surface area contributed by atoms with Crippen LogP contribution in [0, 0.1) is 19.8 Å². The standard InChI is InChI=1S/C26H34N4O5/c1-5-30-20-14-29(15-21(31)28-11-9-18(10-12-28)25(33)35-6-2)24(32)22(20)23(27-26(30)34)19-8-7-16(3)13-17(19)4/h7-8,13,18,23H,5-6,9-12,14-15H2,1-4H3,(H,27,34)/t23-/m0/s1. The zero-order valence-electron chi connectivity index (χ0n) is 20.9. The van der Waals surface area contributed by atoms with Gasteiger partial charge in [0.1, 0.15) is 6.54 Å². The molecule has 1 aromatic rings. The van der Waals surface area contributed by atoms with Crippen molar-refractivity contribution in [2.24, 2.45) is 5.92 Å². The molecule has 4 rings (SSSR count). The molecule has 4 amide bonds. The van der Waals surface area contributed by atoms with Crippen molar-refractivity contribution in [3.05, 3.63) is 46.2 Å². The SMILES string of the molecule is CCOC(=O)C1CCN(C(=O)CN2CC3=C(C2=O)[C@H](c2ccc(C)cc2C)NC(=O)N3CC)CC1. The average Bonchev–Trinajstić information content (AvgIpc) is 3.14. The first-order valence-corrected chi connectivity index (χ1v) is 12.4. The van der Waals surface area contributed by atoms with Crippen LogP contribution in [-0.2, 0) is 19.1 Å². The molecule has 3 aliphatic heterocycles. The van der Waals surface area contributed by atoms with Crippen LogP contribution in [0.2, 0.25) is 0 Å². The number of rotatable bonds is 6. The summed E-state index contributed by atoms with van der Waals surface area (Å²) in [7, 11) is 0. The molecule has 0 saturated carbocycles. The number of nitrogens with one attached hydrogen (secondary N) is 1. The number of hydrogen-bond donors (Lipinski definition) is 1. The third-order valence-electron chi connectivity index (χ3n) is 7.14. The van der Waals surface area contributed by atoms with Gasteiger partial charge in [0, 0.05) is 19.6 Å². The van der Waals surface area contributed by atoms with Crippen LogP contribution in [0.5, 0.6) is 0 Å². The molecule has 35 heavy (non-hydrogen) atoms. The zero-order valence-corrected chi connectivity index (χ0v) is 20.9. The summed E-state index contributed by atoms with van der Waals surface area (Å²) in [4.78, 5) is 56.3. The first-order valence-electron chi connectivity index (χ1n) is 12.4. The lowest BCUT2D eigenvalue weighted by molar-refractivity contribution is -0.151. The summed E-state index contributed by atoms with van der Waals surface area (Å²) in [5.41, 5.74) is 4.19. The number of aryl methyl sites for hydroxylation is 2. The molecule has 1 saturated heterocycles. The van der Waals surface area contributed by atoms with Crippen molar-refractivity contribution in [2.45, 2.75) is 46.6 Å². The van der Waals surface area contributed by atoms with Crippen LogP contribution in [-0.4, -0.2) is 77.8 Å². The number of esters is 1. The molecule has 9 heteroatoms. The number of ether oxygens (including phenoxy) is 1. The third-order valence-corrected chi connectivity index (χ3v) is 7.14. The Bertz CT molecular complexity index is 1070. The van der Waals surface area contributed by atoms with E-state index in [9.17, 15) is 19.2 Å². The molecule has 0 spiro atoms. The van der Waals surface area contributed by atoms with Gasteiger partial charge in [-0.15, -0.1) is 0 Å². The fourth-order valence-electron chi connectivity index (χ4n) is 5.28. The summed E-state index contributed by atoms with van der Waals surface area (Å²) in [5, 5.41) is 3.00. The number of urea groups is 1. The van der Waals surface area contributed by atoms with Crippen molar-refractivity contribution in [1.82, 2.24) is 20.0 Å².